The highest BCUT2D eigenvalue weighted by atomic mass is 79.9. The number of hydrazone groups is 1. The van der Waals surface area contributed by atoms with Gasteiger partial charge in [-0.1, -0.05) is 34.1 Å². The highest BCUT2D eigenvalue weighted by molar-refractivity contribution is 9.10. The third-order valence-electron chi connectivity index (χ3n) is 1.12. The van der Waals surface area contributed by atoms with Crippen molar-refractivity contribution in [2.75, 3.05) is 0 Å². The van der Waals surface area contributed by atoms with Crippen LogP contribution in [-0.4, -0.2) is 6.21 Å². The van der Waals surface area contributed by atoms with Gasteiger partial charge in [0.2, 0.25) is 0 Å². The number of nitrogens with two attached hydrogens (primary N) is 1. The molecule has 0 bridgehead atoms. The number of hydrogen-bond donors (Lipinski definition) is 1. The monoisotopic (exact) mass is 198 g/mol. The maximum absolute atomic E-state index is 4.98. The molecule has 0 saturated heterocycles. The molecule has 0 heterocycles. The van der Waals surface area contributed by atoms with Gasteiger partial charge in [0.25, 0.3) is 0 Å². The smallest absolute Gasteiger partial charge is 0.0549 e. The second-order valence-electron chi connectivity index (χ2n) is 1.80. The van der Waals surface area contributed by atoms with E-state index in [1.165, 1.54) is 0 Å². The molecule has 52 valence electrons. The molecule has 1 aromatic rings. The fourth-order valence-corrected chi connectivity index (χ4v) is 1.05. The molecular weight excluding hydrogens is 192 g/mol. The number of hydrogen-bond acceptors (Lipinski definition) is 2. The van der Waals surface area contributed by atoms with Crippen LogP contribution in [0, 0.1) is 0 Å². The summed E-state index contributed by atoms with van der Waals surface area (Å²) in [5.74, 6) is 4.98. The van der Waals surface area contributed by atoms with Gasteiger partial charge in [-0.15, -0.1) is 0 Å². The maximum Gasteiger partial charge on any atom is 0.0549 e. The van der Waals surface area contributed by atoms with Crippen molar-refractivity contribution in [3.63, 3.8) is 0 Å². The van der Waals surface area contributed by atoms with Crippen LogP contribution in [-0.2, 0) is 0 Å². The van der Waals surface area contributed by atoms with E-state index in [2.05, 4.69) is 21.0 Å². The zero-order valence-electron chi connectivity index (χ0n) is 5.29. The Kier molecular flexibility index (Phi) is 2.45. The minimum Gasteiger partial charge on any atom is -0.323 e. The molecule has 2 N–H and O–H groups in total. The molecule has 0 unspecified atom stereocenters. The number of benzene rings is 1. The molecule has 1 aromatic carbocycles. The Morgan fingerprint density at radius 3 is 2.70 bits per heavy atom. The van der Waals surface area contributed by atoms with Crippen molar-refractivity contribution in [1.82, 2.24) is 0 Å². The van der Waals surface area contributed by atoms with Gasteiger partial charge in [-0.05, 0) is 6.07 Å². The lowest BCUT2D eigenvalue weighted by Crippen LogP contribution is -1.86. The van der Waals surface area contributed by atoms with Crippen molar-refractivity contribution >= 4 is 22.1 Å². The van der Waals surface area contributed by atoms with Crippen LogP contribution >= 0.6 is 15.9 Å². The summed E-state index contributed by atoms with van der Waals surface area (Å²) < 4.78 is 1.00. The standard InChI is InChI=1S/C7H7BrN2/c8-7-4-2-1-3-6(7)5-10-9/h1-5H,9H2. The molecule has 10 heavy (non-hydrogen) atoms. The molecule has 2 nitrogen and oxygen atoms in total. The number of rotatable bonds is 1. The summed E-state index contributed by atoms with van der Waals surface area (Å²) in [6.45, 7) is 0. The average Bonchev–Trinajstić information content (AvgIpc) is 1.94. The van der Waals surface area contributed by atoms with E-state index in [-0.39, 0.29) is 0 Å². The molecule has 3 heteroatoms. The second-order valence-corrected chi connectivity index (χ2v) is 2.65. The van der Waals surface area contributed by atoms with Crippen molar-refractivity contribution in [2.24, 2.45) is 10.9 Å². The minimum atomic E-state index is 0.991. The molecule has 0 aliphatic rings. The Labute approximate surface area is 67.9 Å². The van der Waals surface area contributed by atoms with Crippen LogP contribution in [0.2, 0.25) is 0 Å². The minimum absolute atomic E-state index is 0.991. The highest BCUT2D eigenvalue weighted by Gasteiger charge is 1.91. The fourth-order valence-electron chi connectivity index (χ4n) is 0.660. The Morgan fingerprint density at radius 1 is 1.40 bits per heavy atom. The first kappa shape index (κ1) is 7.28. The average molecular weight is 199 g/mol. The third-order valence-corrected chi connectivity index (χ3v) is 1.84. The summed E-state index contributed by atoms with van der Waals surface area (Å²) in [5, 5.41) is 3.41. The zero-order chi connectivity index (χ0) is 7.40. The van der Waals surface area contributed by atoms with Crippen LogP contribution in [0.25, 0.3) is 0 Å². The van der Waals surface area contributed by atoms with E-state index in [0.29, 0.717) is 0 Å². The predicted molar refractivity (Wildman–Crippen MR) is 45.9 cm³/mol. The van der Waals surface area contributed by atoms with Crippen molar-refractivity contribution in [1.29, 1.82) is 0 Å². The van der Waals surface area contributed by atoms with E-state index < -0.39 is 0 Å². The van der Waals surface area contributed by atoms with E-state index in [1.54, 1.807) is 6.21 Å². The summed E-state index contributed by atoms with van der Waals surface area (Å²) in [7, 11) is 0. The Hall–Kier alpha value is -0.830. The van der Waals surface area contributed by atoms with Gasteiger partial charge in [-0.2, -0.15) is 5.10 Å². The SMILES string of the molecule is NN=Cc1ccccc1Br. The zero-order valence-corrected chi connectivity index (χ0v) is 6.88. The van der Waals surface area contributed by atoms with Crippen LogP contribution in [0.3, 0.4) is 0 Å². The van der Waals surface area contributed by atoms with Crippen molar-refractivity contribution in [2.45, 2.75) is 0 Å². The van der Waals surface area contributed by atoms with Gasteiger partial charge < -0.3 is 5.84 Å². The van der Waals surface area contributed by atoms with Crippen LogP contribution in [0.1, 0.15) is 5.56 Å². The predicted octanol–water partition coefficient (Wildman–Crippen LogP) is 1.74. The van der Waals surface area contributed by atoms with Gasteiger partial charge in [0, 0.05) is 10.0 Å². The fraction of sp³-hybridized carbons (Fsp3) is 0. The number of nitrogens with zero attached hydrogens (tertiary/aromatic N) is 1. The highest BCUT2D eigenvalue weighted by Crippen LogP contribution is 2.12. The van der Waals surface area contributed by atoms with Crippen LogP contribution < -0.4 is 5.84 Å². The Morgan fingerprint density at radius 2 is 2.10 bits per heavy atom. The lowest BCUT2D eigenvalue weighted by Gasteiger charge is -1.93. The Bertz CT molecular complexity index is 245. The van der Waals surface area contributed by atoms with Crippen LogP contribution in [0.4, 0.5) is 0 Å². The molecule has 0 aromatic heterocycles. The lowest BCUT2D eigenvalue weighted by molar-refractivity contribution is 1.26. The Balaban J connectivity index is 3.03. The summed E-state index contributed by atoms with van der Waals surface area (Å²) in [5.41, 5.74) is 0.991. The molecule has 0 atom stereocenters. The second kappa shape index (κ2) is 3.37. The van der Waals surface area contributed by atoms with E-state index in [4.69, 9.17) is 5.84 Å². The topological polar surface area (TPSA) is 38.4 Å². The van der Waals surface area contributed by atoms with E-state index >= 15 is 0 Å². The molecule has 1 rings (SSSR count). The molecule has 0 radical (unpaired) electrons. The van der Waals surface area contributed by atoms with Gasteiger partial charge in [0.15, 0.2) is 0 Å². The number of halogens is 1. The molecule has 0 aliphatic heterocycles. The molecule has 0 fully saturated rings. The first-order valence-electron chi connectivity index (χ1n) is 2.82. The molecular formula is C7H7BrN2. The largest absolute Gasteiger partial charge is 0.323 e. The van der Waals surface area contributed by atoms with Crippen molar-refractivity contribution in [3.8, 4) is 0 Å². The molecule has 0 amide bonds. The maximum atomic E-state index is 4.98. The summed E-state index contributed by atoms with van der Waals surface area (Å²) in [6.07, 6.45) is 1.60. The van der Waals surface area contributed by atoms with E-state index in [1.807, 2.05) is 24.3 Å². The first-order valence-corrected chi connectivity index (χ1v) is 3.61. The third kappa shape index (κ3) is 1.57. The van der Waals surface area contributed by atoms with Gasteiger partial charge in [-0.25, -0.2) is 0 Å². The van der Waals surface area contributed by atoms with E-state index in [9.17, 15) is 0 Å². The van der Waals surface area contributed by atoms with Crippen molar-refractivity contribution < 1.29 is 0 Å². The normalized spacial score (nSPS) is 10.5. The summed E-state index contributed by atoms with van der Waals surface area (Å²) in [6, 6.07) is 7.75. The van der Waals surface area contributed by atoms with Crippen LogP contribution in [0.5, 0.6) is 0 Å². The van der Waals surface area contributed by atoms with Crippen molar-refractivity contribution in [3.05, 3.63) is 34.3 Å². The van der Waals surface area contributed by atoms with Gasteiger partial charge in [0.1, 0.15) is 0 Å². The molecule has 0 aliphatic carbocycles. The van der Waals surface area contributed by atoms with Gasteiger partial charge in [0.05, 0.1) is 6.21 Å². The van der Waals surface area contributed by atoms with Gasteiger partial charge >= 0.3 is 0 Å². The van der Waals surface area contributed by atoms with Crippen LogP contribution in [0.15, 0.2) is 33.8 Å². The summed E-state index contributed by atoms with van der Waals surface area (Å²) >= 11 is 3.35. The first-order chi connectivity index (χ1) is 4.84. The summed E-state index contributed by atoms with van der Waals surface area (Å²) in [4.78, 5) is 0. The van der Waals surface area contributed by atoms with E-state index in [0.717, 1.165) is 10.0 Å². The quantitative estimate of drug-likeness (QED) is 0.417. The van der Waals surface area contributed by atoms with Gasteiger partial charge in [-0.3, -0.25) is 0 Å². The lowest BCUT2D eigenvalue weighted by atomic mass is 10.2. The molecule has 0 saturated carbocycles. The molecule has 0 spiro atoms.